The number of aromatic nitrogens is 2. The van der Waals surface area contributed by atoms with E-state index in [1.165, 1.54) is 6.42 Å². The first-order valence-corrected chi connectivity index (χ1v) is 11.7. The number of carbonyl (C=O) groups excluding carboxylic acids is 2. The Morgan fingerprint density at radius 3 is 2.31 bits per heavy atom. The highest BCUT2D eigenvalue weighted by Gasteiger charge is 2.58. The summed E-state index contributed by atoms with van der Waals surface area (Å²) in [7, 11) is 2.06. The average molecular weight is 432 g/mol. The molecule has 4 bridgehead atoms. The van der Waals surface area contributed by atoms with Crippen LogP contribution in [0.4, 0.5) is 5.69 Å². The number of hydrogen-bond acceptors (Lipinski definition) is 5. The molecule has 166 valence electrons. The third-order valence-corrected chi connectivity index (χ3v) is 7.99. The molecule has 4 aliphatic carbocycles. The van der Waals surface area contributed by atoms with Gasteiger partial charge in [0.1, 0.15) is 11.4 Å². The first kappa shape index (κ1) is 19.7. The Morgan fingerprint density at radius 2 is 1.66 bits per heavy atom. The maximum absolute atomic E-state index is 13.3. The number of carbonyl (C=O) groups is 2. The molecule has 0 aromatic carbocycles. The van der Waals surface area contributed by atoms with Gasteiger partial charge in [-0.3, -0.25) is 14.6 Å². The highest BCUT2D eigenvalue weighted by Crippen LogP contribution is 2.57. The molecule has 2 amide bonds. The summed E-state index contributed by atoms with van der Waals surface area (Å²) < 4.78 is 0. The summed E-state index contributed by atoms with van der Waals surface area (Å²) in [6.07, 6.45) is 8.47. The molecule has 32 heavy (non-hydrogen) atoms. The highest BCUT2D eigenvalue weighted by molar-refractivity contribution is 5.94. The van der Waals surface area contributed by atoms with Crippen molar-refractivity contribution in [3.8, 4) is 0 Å². The Morgan fingerprint density at radius 1 is 0.969 bits per heavy atom. The van der Waals surface area contributed by atoms with Gasteiger partial charge in [0.2, 0.25) is 0 Å². The number of pyridine rings is 2. The van der Waals surface area contributed by atoms with Gasteiger partial charge in [-0.1, -0.05) is 6.07 Å². The van der Waals surface area contributed by atoms with Gasteiger partial charge >= 0.3 is 0 Å². The summed E-state index contributed by atoms with van der Waals surface area (Å²) in [6, 6.07) is 9.26. The minimum atomic E-state index is -0.268. The number of nitrogens with zero attached hydrogens (tertiary/aromatic N) is 3. The SMILES string of the molecule is CN1CCc2nc(C(=O)NC34CC5CC(CC(NC(=O)c6ccccn6)(C5)C3)C4)ccc21. The first-order valence-electron chi connectivity index (χ1n) is 11.7. The zero-order valence-corrected chi connectivity index (χ0v) is 18.4. The van der Waals surface area contributed by atoms with Crippen LogP contribution in [0.15, 0.2) is 36.5 Å². The number of nitrogens with one attached hydrogen (secondary N) is 2. The molecule has 2 atom stereocenters. The Labute approximate surface area is 188 Å². The van der Waals surface area contributed by atoms with Gasteiger partial charge in [0.15, 0.2) is 0 Å². The van der Waals surface area contributed by atoms with E-state index in [0.29, 0.717) is 23.2 Å². The van der Waals surface area contributed by atoms with E-state index in [4.69, 9.17) is 0 Å². The van der Waals surface area contributed by atoms with Crippen molar-refractivity contribution in [1.29, 1.82) is 0 Å². The molecule has 2 N–H and O–H groups in total. The summed E-state index contributed by atoms with van der Waals surface area (Å²) in [5.74, 6) is 0.860. The normalized spacial score (nSPS) is 32.0. The van der Waals surface area contributed by atoms with E-state index in [0.717, 1.165) is 56.5 Å². The molecular weight excluding hydrogens is 402 g/mol. The van der Waals surface area contributed by atoms with Crippen LogP contribution in [-0.4, -0.2) is 46.5 Å². The van der Waals surface area contributed by atoms with Crippen LogP contribution in [0.25, 0.3) is 0 Å². The number of rotatable bonds is 4. The van der Waals surface area contributed by atoms with Gasteiger partial charge in [-0.15, -0.1) is 0 Å². The van der Waals surface area contributed by atoms with Gasteiger partial charge in [-0.25, -0.2) is 4.98 Å². The van der Waals surface area contributed by atoms with Crippen molar-refractivity contribution in [1.82, 2.24) is 20.6 Å². The Hall–Kier alpha value is -2.96. The molecule has 1 aliphatic heterocycles. The van der Waals surface area contributed by atoms with Gasteiger partial charge in [-0.05, 0) is 74.6 Å². The quantitative estimate of drug-likeness (QED) is 0.777. The standard InChI is InChI=1S/C25H29N5O2/c1-30-9-7-18-21(30)6-5-20(27-18)23(32)29-25-13-16-10-17(14-25)12-24(11-16,15-25)28-22(31)19-4-2-3-8-26-19/h2-6,8,16-17H,7,9-15H2,1H3,(H,28,31)(H,29,32). The summed E-state index contributed by atoms with van der Waals surface area (Å²) in [5, 5.41) is 6.74. The van der Waals surface area contributed by atoms with E-state index >= 15 is 0 Å². The molecule has 2 aromatic heterocycles. The van der Waals surface area contributed by atoms with Gasteiger partial charge < -0.3 is 15.5 Å². The van der Waals surface area contributed by atoms with Crippen molar-refractivity contribution in [3.63, 3.8) is 0 Å². The number of fused-ring (bicyclic) bond motifs is 1. The molecule has 5 aliphatic rings. The lowest BCUT2D eigenvalue weighted by Crippen LogP contribution is -2.70. The second-order valence-corrected chi connectivity index (χ2v) is 10.5. The fourth-order valence-electron chi connectivity index (χ4n) is 7.21. The van der Waals surface area contributed by atoms with Gasteiger partial charge in [0, 0.05) is 37.3 Å². The second-order valence-electron chi connectivity index (χ2n) is 10.5. The Bertz CT molecular complexity index is 1070. The van der Waals surface area contributed by atoms with Crippen LogP contribution in [-0.2, 0) is 6.42 Å². The molecule has 4 saturated carbocycles. The minimum Gasteiger partial charge on any atom is -0.373 e. The predicted octanol–water partition coefficient (Wildman–Crippen LogP) is 2.72. The second kappa shape index (κ2) is 7.02. The van der Waals surface area contributed by atoms with Crippen LogP contribution in [0, 0.1) is 11.8 Å². The zero-order valence-electron chi connectivity index (χ0n) is 18.4. The smallest absolute Gasteiger partial charge is 0.270 e. The topological polar surface area (TPSA) is 87.2 Å². The van der Waals surface area contributed by atoms with E-state index in [1.54, 1.807) is 12.3 Å². The van der Waals surface area contributed by atoms with Gasteiger partial charge in [0.25, 0.3) is 11.8 Å². The molecule has 7 rings (SSSR count). The van der Waals surface area contributed by atoms with Crippen LogP contribution in [0.5, 0.6) is 0 Å². The van der Waals surface area contributed by atoms with E-state index < -0.39 is 0 Å². The lowest BCUT2D eigenvalue weighted by Gasteiger charge is -2.62. The molecule has 0 saturated heterocycles. The summed E-state index contributed by atoms with van der Waals surface area (Å²) in [6.45, 7) is 0.944. The van der Waals surface area contributed by atoms with Crippen LogP contribution in [0.3, 0.4) is 0 Å². The molecule has 7 heteroatoms. The average Bonchev–Trinajstić information content (AvgIpc) is 3.13. The van der Waals surface area contributed by atoms with Crippen LogP contribution < -0.4 is 15.5 Å². The van der Waals surface area contributed by atoms with E-state index in [9.17, 15) is 9.59 Å². The molecule has 4 fully saturated rings. The third kappa shape index (κ3) is 3.26. The Kier molecular flexibility index (Phi) is 4.32. The van der Waals surface area contributed by atoms with Crippen molar-refractivity contribution < 1.29 is 9.59 Å². The molecular formula is C25H29N5O2. The van der Waals surface area contributed by atoms with Crippen molar-refractivity contribution in [2.45, 2.75) is 56.0 Å². The number of hydrogen-bond donors (Lipinski definition) is 2. The molecule has 0 radical (unpaired) electrons. The first-order chi connectivity index (χ1) is 15.4. The lowest BCUT2D eigenvalue weighted by atomic mass is 9.49. The summed E-state index contributed by atoms with van der Waals surface area (Å²) in [5.41, 5.74) is 2.54. The maximum atomic E-state index is 13.3. The van der Waals surface area contributed by atoms with Crippen molar-refractivity contribution >= 4 is 17.5 Å². The van der Waals surface area contributed by atoms with E-state index in [2.05, 4.69) is 32.5 Å². The third-order valence-electron chi connectivity index (χ3n) is 7.99. The predicted molar refractivity (Wildman–Crippen MR) is 121 cm³/mol. The van der Waals surface area contributed by atoms with Crippen molar-refractivity contribution in [3.05, 3.63) is 53.6 Å². The molecule has 3 heterocycles. The summed E-state index contributed by atoms with van der Waals surface area (Å²) in [4.78, 5) is 37.3. The minimum absolute atomic E-state index is 0.0875. The van der Waals surface area contributed by atoms with Gasteiger partial charge in [0.05, 0.1) is 11.4 Å². The van der Waals surface area contributed by atoms with Crippen LogP contribution in [0.1, 0.15) is 65.2 Å². The highest BCUT2D eigenvalue weighted by atomic mass is 16.2. The van der Waals surface area contributed by atoms with Crippen molar-refractivity contribution in [2.75, 3.05) is 18.5 Å². The molecule has 2 aromatic rings. The van der Waals surface area contributed by atoms with Crippen molar-refractivity contribution in [2.24, 2.45) is 11.8 Å². The summed E-state index contributed by atoms with van der Waals surface area (Å²) >= 11 is 0. The van der Waals surface area contributed by atoms with Gasteiger partial charge in [-0.2, -0.15) is 0 Å². The lowest BCUT2D eigenvalue weighted by molar-refractivity contribution is -0.0449. The zero-order chi connectivity index (χ0) is 21.9. The number of likely N-dealkylation sites (N-methyl/N-ethyl adjacent to an activating group) is 1. The number of amides is 2. The fraction of sp³-hybridized carbons (Fsp3) is 0.520. The molecule has 2 unspecified atom stereocenters. The maximum Gasteiger partial charge on any atom is 0.270 e. The number of anilines is 1. The Balaban J connectivity index is 1.23. The van der Waals surface area contributed by atoms with Crippen LogP contribution in [0.2, 0.25) is 0 Å². The van der Waals surface area contributed by atoms with E-state index in [-0.39, 0.29) is 22.9 Å². The fourth-order valence-corrected chi connectivity index (χ4v) is 7.21. The molecule has 7 nitrogen and oxygen atoms in total. The van der Waals surface area contributed by atoms with Crippen LogP contribution >= 0.6 is 0 Å². The largest absolute Gasteiger partial charge is 0.373 e. The molecule has 0 spiro atoms. The van der Waals surface area contributed by atoms with E-state index in [1.807, 2.05) is 24.3 Å². The monoisotopic (exact) mass is 431 g/mol.